The van der Waals surface area contributed by atoms with Crippen LogP contribution >= 0.6 is 28.7 Å². The van der Waals surface area contributed by atoms with Crippen molar-refractivity contribution in [2.45, 2.75) is 25.7 Å². The normalized spacial score (nSPS) is 14.0. The largest absolute Gasteiger partial charge is 0.494 e. The summed E-state index contributed by atoms with van der Waals surface area (Å²) in [6.07, 6.45) is 6.52. The van der Waals surface area contributed by atoms with Crippen molar-refractivity contribution < 1.29 is 4.74 Å². The van der Waals surface area contributed by atoms with E-state index < -0.39 is 0 Å². The molecule has 1 aromatic rings. The van der Waals surface area contributed by atoms with E-state index in [1.165, 1.54) is 18.4 Å². The fraction of sp³-hybridized carbons (Fsp3) is 0.400. The highest BCUT2D eigenvalue weighted by molar-refractivity contribution is 8.93. The molecule has 1 aliphatic heterocycles. The van der Waals surface area contributed by atoms with Gasteiger partial charge in [0.1, 0.15) is 5.75 Å². The van der Waals surface area contributed by atoms with Crippen molar-refractivity contribution in [1.82, 2.24) is 0 Å². The number of amidine groups is 1. The van der Waals surface area contributed by atoms with E-state index in [0.717, 1.165) is 31.0 Å². The van der Waals surface area contributed by atoms with Crippen LogP contribution in [0.15, 0.2) is 47.1 Å². The molecule has 0 spiro atoms. The minimum absolute atomic E-state index is 0. The van der Waals surface area contributed by atoms with Gasteiger partial charge in [0.25, 0.3) is 0 Å². The summed E-state index contributed by atoms with van der Waals surface area (Å²) < 4.78 is 5.65. The van der Waals surface area contributed by atoms with Crippen molar-refractivity contribution in [3.05, 3.63) is 42.1 Å². The zero-order valence-corrected chi connectivity index (χ0v) is 14.0. The van der Waals surface area contributed by atoms with Crippen LogP contribution in [0.2, 0.25) is 0 Å². The second kappa shape index (κ2) is 9.88. The van der Waals surface area contributed by atoms with Gasteiger partial charge in [0.15, 0.2) is 5.17 Å². The molecule has 2 rings (SSSR count). The van der Waals surface area contributed by atoms with Gasteiger partial charge in [-0.25, -0.2) is 4.99 Å². The van der Waals surface area contributed by atoms with E-state index in [4.69, 9.17) is 10.5 Å². The number of nitrogens with two attached hydrogens (primary N) is 1. The molecule has 0 amide bonds. The zero-order chi connectivity index (χ0) is 13.3. The molecule has 0 fully saturated rings. The first-order chi connectivity index (χ1) is 9.34. The monoisotopic (exact) mass is 356 g/mol. The van der Waals surface area contributed by atoms with E-state index in [9.17, 15) is 0 Å². The number of hydrogen-bond donors (Lipinski definition) is 1. The van der Waals surface area contributed by atoms with Crippen molar-refractivity contribution in [3.8, 4) is 5.75 Å². The van der Waals surface area contributed by atoms with Gasteiger partial charge in [-0.2, -0.15) is 0 Å². The van der Waals surface area contributed by atoms with Gasteiger partial charge in [-0.15, -0.1) is 17.0 Å². The highest BCUT2D eigenvalue weighted by Crippen LogP contribution is 2.19. The number of halogens is 1. The van der Waals surface area contributed by atoms with Crippen LogP contribution in [-0.2, 0) is 0 Å². The maximum Gasteiger partial charge on any atom is 0.158 e. The molecule has 3 nitrogen and oxygen atoms in total. The summed E-state index contributed by atoms with van der Waals surface area (Å²) in [6, 6.07) is 9.97. The lowest BCUT2D eigenvalue weighted by atomic mass is 10.1. The van der Waals surface area contributed by atoms with Gasteiger partial charge >= 0.3 is 0 Å². The summed E-state index contributed by atoms with van der Waals surface area (Å²) >= 11 is 1.63. The molecule has 0 radical (unpaired) electrons. The molecule has 0 aliphatic carbocycles. The van der Waals surface area contributed by atoms with Gasteiger partial charge < -0.3 is 10.5 Å². The van der Waals surface area contributed by atoms with Crippen LogP contribution in [-0.4, -0.2) is 17.5 Å². The Balaban J connectivity index is 0.00000200. The second-order valence-electron chi connectivity index (χ2n) is 4.52. The van der Waals surface area contributed by atoms with Crippen molar-refractivity contribution >= 4 is 33.9 Å². The van der Waals surface area contributed by atoms with Gasteiger partial charge in [-0.05, 0) is 43.4 Å². The van der Waals surface area contributed by atoms with Gasteiger partial charge in [-0.1, -0.05) is 30.0 Å². The number of unbranched alkanes of at least 4 members (excludes halogenated alkanes) is 2. The molecule has 2 N–H and O–H groups in total. The Labute approximate surface area is 135 Å². The van der Waals surface area contributed by atoms with Gasteiger partial charge in [0, 0.05) is 12.0 Å². The molecular formula is C15H21BrN2OS. The molecule has 0 aromatic heterocycles. The quantitative estimate of drug-likeness (QED) is 0.746. The first-order valence-corrected chi connectivity index (χ1v) is 7.65. The van der Waals surface area contributed by atoms with Gasteiger partial charge in [-0.3, -0.25) is 0 Å². The van der Waals surface area contributed by atoms with Crippen LogP contribution < -0.4 is 10.5 Å². The minimum Gasteiger partial charge on any atom is -0.494 e. The second-order valence-corrected chi connectivity index (χ2v) is 5.51. The number of thioether (sulfide) groups is 1. The molecular weight excluding hydrogens is 336 g/mol. The number of ether oxygens (including phenoxy) is 1. The SMILES string of the molecule is Br.NC1=NC=C(CCCCCOc2ccccc2)CS1. The molecule has 1 heterocycles. The fourth-order valence-corrected chi connectivity index (χ4v) is 2.55. The standard InChI is InChI=1S/C15H20N2OS.BrH/c16-15-17-11-13(12-19-15)7-3-2-6-10-18-14-8-4-1-5-9-14;/h1,4-5,8-9,11H,2-3,6-7,10,12H2,(H2,16,17);1H. The predicted octanol–water partition coefficient (Wildman–Crippen LogP) is 4.15. The third-order valence-electron chi connectivity index (χ3n) is 2.93. The molecule has 1 aromatic carbocycles. The van der Waals surface area contributed by atoms with E-state index in [2.05, 4.69) is 4.99 Å². The summed E-state index contributed by atoms with van der Waals surface area (Å²) in [7, 11) is 0. The molecule has 0 saturated heterocycles. The van der Waals surface area contributed by atoms with E-state index in [1.807, 2.05) is 36.5 Å². The summed E-state index contributed by atoms with van der Waals surface area (Å²) in [4.78, 5) is 4.14. The summed E-state index contributed by atoms with van der Waals surface area (Å²) in [5, 5.41) is 0.681. The lowest BCUT2D eigenvalue weighted by Crippen LogP contribution is -2.10. The lowest BCUT2D eigenvalue weighted by molar-refractivity contribution is 0.305. The maximum atomic E-state index is 5.65. The molecule has 5 heteroatoms. The highest BCUT2D eigenvalue weighted by atomic mass is 79.9. The highest BCUT2D eigenvalue weighted by Gasteiger charge is 2.05. The lowest BCUT2D eigenvalue weighted by Gasteiger charge is -2.10. The Kier molecular flexibility index (Phi) is 8.46. The molecule has 0 atom stereocenters. The van der Waals surface area contributed by atoms with E-state index in [0.29, 0.717) is 5.17 Å². The van der Waals surface area contributed by atoms with E-state index in [1.54, 1.807) is 11.8 Å². The third kappa shape index (κ3) is 6.48. The number of nitrogens with zero attached hydrogens (tertiary/aromatic N) is 1. The Morgan fingerprint density at radius 1 is 1.15 bits per heavy atom. The van der Waals surface area contributed by atoms with Crippen molar-refractivity contribution in [1.29, 1.82) is 0 Å². The minimum atomic E-state index is 0. The van der Waals surface area contributed by atoms with Crippen LogP contribution in [0.3, 0.4) is 0 Å². The van der Waals surface area contributed by atoms with Crippen LogP contribution in [0, 0.1) is 0 Å². The summed E-state index contributed by atoms with van der Waals surface area (Å²) in [5.74, 6) is 1.95. The van der Waals surface area contributed by atoms with Gasteiger partial charge in [0.2, 0.25) is 0 Å². The first-order valence-electron chi connectivity index (χ1n) is 6.66. The van der Waals surface area contributed by atoms with E-state index >= 15 is 0 Å². The average Bonchev–Trinajstić information content (AvgIpc) is 2.46. The van der Waals surface area contributed by atoms with Crippen LogP contribution in [0.4, 0.5) is 0 Å². The first kappa shape index (κ1) is 17.1. The number of benzene rings is 1. The average molecular weight is 357 g/mol. The summed E-state index contributed by atoms with van der Waals surface area (Å²) in [5.41, 5.74) is 6.99. The third-order valence-corrected chi connectivity index (χ3v) is 3.85. The molecule has 110 valence electrons. The van der Waals surface area contributed by atoms with Crippen molar-refractivity contribution in [3.63, 3.8) is 0 Å². The molecule has 20 heavy (non-hydrogen) atoms. The molecule has 0 bridgehead atoms. The number of hydrogen-bond acceptors (Lipinski definition) is 4. The number of para-hydroxylation sites is 1. The maximum absolute atomic E-state index is 5.65. The Hall–Kier alpha value is -0.940. The molecule has 0 unspecified atom stereocenters. The smallest absolute Gasteiger partial charge is 0.158 e. The Bertz CT molecular complexity index is 448. The Morgan fingerprint density at radius 2 is 1.95 bits per heavy atom. The Morgan fingerprint density at radius 3 is 2.65 bits per heavy atom. The van der Waals surface area contributed by atoms with Crippen LogP contribution in [0.25, 0.3) is 0 Å². The number of rotatable bonds is 7. The van der Waals surface area contributed by atoms with Crippen LogP contribution in [0.5, 0.6) is 5.75 Å². The predicted molar refractivity (Wildman–Crippen MR) is 92.9 cm³/mol. The van der Waals surface area contributed by atoms with Gasteiger partial charge in [0.05, 0.1) is 6.61 Å². The van der Waals surface area contributed by atoms with Crippen molar-refractivity contribution in [2.24, 2.45) is 10.7 Å². The topological polar surface area (TPSA) is 47.6 Å². The van der Waals surface area contributed by atoms with Crippen molar-refractivity contribution in [2.75, 3.05) is 12.4 Å². The molecule has 0 saturated carbocycles. The van der Waals surface area contributed by atoms with Crippen LogP contribution in [0.1, 0.15) is 25.7 Å². The zero-order valence-electron chi connectivity index (χ0n) is 11.5. The molecule has 1 aliphatic rings. The number of aliphatic imine (C=N–C) groups is 1. The summed E-state index contributed by atoms with van der Waals surface area (Å²) in [6.45, 7) is 0.795. The van der Waals surface area contributed by atoms with E-state index in [-0.39, 0.29) is 17.0 Å². The fourth-order valence-electron chi connectivity index (χ4n) is 1.87.